The van der Waals surface area contributed by atoms with Crippen molar-refractivity contribution in [2.24, 2.45) is 0 Å². The molecule has 0 spiro atoms. The van der Waals surface area contributed by atoms with Crippen LogP contribution in [-0.2, 0) is 6.18 Å². The third kappa shape index (κ3) is 4.23. The first-order chi connectivity index (χ1) is 15.8. The Hall–Kier alpha value is -3.61. The van der Waals surface area contributed by atoms with Gasteiger partial charge < -0.3 is 15.2 Å². The zero-order valence-electron chi connectivity index (χ0n) is 17.7. The molecule has 0 aliphatic carbocycles. The van der Waals surface area contributed by atoms with E-state index in [0.29, 0.717) is 29.6 Å². The molecule has 33 heavy (non-hydrogen) atoms. The number of aryl methyl sites for hydroxylation is 1. The van der Waals surface area contributed by atoms with Gasteiger partial charge in [-0.25, -0.2) is 15.0 Å². The summed E-state index contributed by atoms with van der Waals surface area (Å²) in [5.41, 5.74) is -0.577. The summed E-state index contributed by atoms with van der Waals surface area (Å²) in [5.74, 6) is 0.751. The zero-order chi connectivity index (χ0) is 23.2. The number of aromatic nitrogens is 7. The summed E-state index contributed by atoms with van der Waals surface area (Å²) in [7, 11) is 0. The molecule has 172 valence electrons. The van der Waals surface area contributed by atoms with Crippen molar-refractivity contribution in [1.82, 2.24) is 40.6 Å². The van der Waals surface area contributed by atoms with Gasteiger partial charge in [-0.3, -0.25) is 5.10 Å². The standard InChI is InChI=1S/C20H20F3N9O/c1-9-3-4-11(7-24-9)27-19-25-8-13(20(21,22)23)16(29-19)15-12-5-6-14(28-17(12)31-30-15)18-26-10(2)33-32-18/h5-6,8-9,11,24H,3-4,7H2,1-2H3,(H,25,27,29)(H,28,30,31)/t9-,11-/m0/s1. The lowest BCUT2D eigenvalue weighted by Crippen LogP contribution is -2.43. The van der Waals surface area contributed by atoms with Gasteiger partial charge in [0.05, 0.1) is 5.69 Å². The highest BCUT2D eigenvalue weighted by molar-refractivity contribution is 5.91. The summed E-state index contributed by atoms with van der Waals surface area (Å²) in [4.78, 5) is 16.6. The third-order valence-corrected chi connectivity index (χ3v) is 5.50. The Bertz CT molecular complexity index is 1290. The fourth-order valence-corrected chi connectivity index (χ4v) is 3.76. The topological polar surface area (TPSA) is 130 Å². The molecule has 3 N–H and O–H groups in total. The number of piperidine rings is 1. The summed E-state index contributed by atoms with van der Waals surface area (Å²) < 4.78 is 46.3. The van der Waals surface area contributed by atoms with Crippen LogP contribution in [0.3, 0.4) is 0 Å². The van der Waals surface area contributed by atoms with Crippen LogP contribution in [0.5, 0.6) is 0 Å². The van der Waals surface area contributed by atoms with Crippen molar-refractivity contribution in [2.45, 2.75) is 44.9 Å². The lowest BCUT2D eigenvalue weighted by Gasteiger charge is -2.28. The Kier molecular flexibility index (Phi) is 5.19. The van der Waals surface area contributed by atoms with Crippen molar-refractivity contribution in [1.29, 1.82) is 0 Å². The Balaban J connectivity index is 1.53. The molecule has 13 heteroatoms. The van der Waals surface area contributed by atoms with Gasteiger partial charge in [0.2, 0.25) is 17.7 Å². The minimum absolute atomic E-state index is 0.0203. The summed E-state index contributed by atoms with van der Waals surface area (Å²) in [6.07, 6.45) is -2.05. The second-order valence-electron chi connectivity index (χ2n) is 7.98. The largest absolute Gasteiger partial charge is 0.420 e. The van der Waals surface area contributed by atoms with Crippen molar-refractivity contribution in [3.8, 4) is 22.9 Å². The molecule has 0 unspecified atom stereocenters. The van der Waals surface area contributed by atoms with Crippen LogP contribution in [0.25, 0.3) is 33.9 Å². The molecule has 2 atom stereocenters. The van der Waals surface area contributed by atoms with E-state index in [-0.39, 0.29) is 34.8 Å². The predicted octanol–water partition coefficient (Wildman–Crippen LogP) is 3.34. The van der Waals surface area contributed by atoms with E-state index in [1.165, 1.54) is 0 Å². The van der Waals surface area contributed by atoms with E-state index in [0.717, 1.165) is 19.0 Å². The van der Waals surface area contributed by atoms with Gasteiger partial charge >= 0.3 is 6.18 Å². The van der Waals surface area contributed by atoms with Gasteiger partial charge in [-0.2, -0.15) is 23.3 Å². The number of fused-ring (bicyclic) bond motifs is 1. The summed E-state index contributed by atoms with van der Waals surface area (Å²) in [6.45, 7) is 4.41. The van der Waals surface area contributed by atoms with E-state index >= 15 is 0 Å². The van der Waals surface area contributed by atoms with Crippen molar-refractivity contribution >= 4 is 17.0 Å². The van der Waals surface area contributed by atoms with Crippen LogP contribution >= 0.6 is 0 Å². The maximum Gasteiger partial charge on any atom is 0.420 e. The number of anilines is 1. The predicted molar refractivity (Wildman–Crippen MR) is 112 cm³/mol. The van der Waals surface area contributed by atoms with Crippen LogP contribution in [0.2, 0.25) is 0 Å². The Morgan fingerprint density at radius 1 is 1.15 bits per heavy atom. The van der Waals surface area contributed by atoms with Gasteiger partial charge in [-0.05, 0) is 31.9 Å². The van der Waals surface area contributed by atoms with Crippen LogP contribution in [0.1, 0.15) is 31.2 Å². The fraction of sp³-hybridized carbons (Fsp3) is 0.400. The highest BCUT2D eigenvalue weighted by Crippen LogP contribution is 2.37. The molecular formula is C20H20F3N9O. The van der Waals surface area contributed by atoms with Crippen molar-refractivity contribution in [3.63, 3.8) is 0 Å². The Morgan fingerprint density at radius 2 is 2.00 bits per heavy atom. The number of rotatable bonds is 4. The minimum Gasteiger partial charge on any atom is -0.350 e. The molecule has 0 amide bonds. The smallest absolute Gasteiger partial charge is 0.350 e. The van der Waals surface area contributed by atoms with Gasteiger partial charge in [-0.1, -0.05) is 5.16 Å². The van der Waals surface area contributed by atoms with Gasteiger partial charge in [0.1, 0.15) is 17.0 Å². The van der Waals surface area contributed by atoms with Crippen molar-refractivity contribution in [2.75, 3.05) is 11.9 Å². The van der Waals surface area contributed by atoms with E-state index < -0.39 is 11.7 Å². The number of pyridine rings is 1. The number of aromatic amines is 1. The summed E-state index contributed by atoms with van der Waals surface area (Å²) in [5, 5.41) is 17.4. The molecule has 0 aromatic carbocycles. The number of nitrogens with one attached hydrogen (secondary N) is 3. The Labute approximate surface area is 185 Å². The first-order valence-electron chi connectivity index (χ1n) is 10.4. The van der Waals surface area contributed by atoms with Crippen molar-refractivity contribution < 1.29 is 17.7 Å². The van der Waals surface area contributed by atoms with Crippen LogP contribution in [0.4, 0.5) is 19.1 Å². The van der Waals surface area contributed by atoms with Gasteiger partial charge in [0.15, 0.2) is 5.65 Å². The minimum atomic E-state index is -4.65. The fourth-order valence-electron chi connectivity index (χ4n) is 3.76. The lowest BCUT2D eigenvalue weighted by atomic mass is 10.0. The van der Waals surface area contributed by atoms with Crippen molar-refractivity contribution in [3.05, 3.63) is 29.8 Å². The van der Waals surface area contributed by atoms with Crippen LogP contribution in [0, 0.1) is 6.92 Å². The molecule has 0 saturated carbocycles. The highest BCUT2D eigenvalue weighted by atomic mass is 19.4. The molecule has 4 aromatic heterocycles. The van der Waals surface area contributed by atoms with Crippen LogP contribution < -0.4 is 10.6 Å². The van der Waals surface area contributed by atoms with E-state index in [4.69, 9.17) is 4.52 Å². The van der Waals surface area contributed by atoms with E-state index in [1.807, 2.05) is 0 Å². The average molecular weight is 459 g/mol. The van der Waals surface area contributed by atoms with Gasteiger partial charge in [0.25, 0.3) is 0 Å². The number of halogens is 3. The normalized spacial score (nSPS) is 19.2. The summed E-state index contributed by atoms with van der Waals surface area (Å²) in [6, 6.07) is 3.61. The molecule has 4 aromatic rings. The molecule has 0 radical (unpaired) electrons. The van der Waals surface area contributed by atoms with Gasteiger partial charge in [0, 0.05) is 37.1 Å². The summed E-state index contributed by atoms with van der Waals surface area (Å²) >= 11 is 0. The molecule has 1 aliphatic heterocycles. The SMILES string of the molecule is Cc1nc(-c2ccc3c(-c4nc(N[C@H]5CC[C@H](C)NC5)ncc4C(F)(F)F)[nH]nc3n2)no1. The second-order valence-corrected chi connectivity index (χ2v) is 7.98. The molecular weight excluding hydrogens is 439 g/mol. The first-order valence-corrected chi connectivity index (χ1v) is 10.4. The monoisotopic (exact) mass is 459 g/mol. The molecule has 1 aliphatic rings. The molecule has 10 nitrogen and oxygen atoms in total. The quantitative estimate of drug-likeness (QED) is 0.420. The number of hydrogen-bond acceptors (Lipinski definition) is 9. The maximum atomic E-state index is 13.8. The van der Waals surface area contributed by atoms with Gasteiger partial charge in [-0.15, -0.1) is 0 Å². The zero-order valence-corrected chi connectivity index (χ0v) is 17.7. The highest BCUT2D eigenvalue weighted by Gasteiger charge is 2.36. The lowest BCUT2D eigenvalue weighted by molar-refractivity contribution is -0.137. The number of H-pyrrole nitrogens is 1. The van der Waals surface area contributed by atoms with E-state index in [9.17, 15) is 13.2 Å². The molecule has 1 fully saturated rings. The number of alkyl halides is 3. The van der Waals surface area contributed by atoms with E-state index in [2.05, 4.69) is 52.8 Å². The maximum absolute atomic E-state index is 13.8. The molecule has 5 rings (SSSR count). The second kappa shape index (κ2) is 8.06. The molecule has 0 bridgehead atoms. The number of hydrogen-bond donors (Lipinski definition) is 3. The van der Waals surface area contributed by atoms with E-state index in [1.54, 1.807) is 19.1 Å². The molecule has 1 saturated heterocycles. The Morgan fingerprint density at radius 3 is 2.70 bits per heavy atom. The third-order valence-electron chi connectivity index (χ3n) is 5.50. The first kappa shape index (κ1) is 21.2. The number of nitrogens with zero attached hydrogens (tertiary/aromatic N) is 6. The molecule has 5 heterocycles. The van der Waals surface area contributed by atoms with Crippen LogP contribution in [0.15, 0.2) is 22.9 Å². The average Bonchev–Trinajstić information content (AvgIpc) is 3.40. The van der Waals surface area contributed by atoms with Crippen LogP contribution in [-0.4, -0.2) is 53.9 Å².